The number of methoxy groups -OCH3 is 1. The number of nitrogens with one attached hydrogen (secondary N) is 1. The van der Waals surface area contributed by atoms with Crippen LogP contribution < -0.4 is 10.1 Å². The second kappa shape index (κ2) is 6.42. The fraction of sp³-hybridized carbons (Fsp3) is 0.412. The van der Waals surface area contributed by atoms with Gasteiger partial charge in [-0.15, -0.1) is 11.3 Å². The largest absolute Gasteiger partial charge is 0.496 e. The van der Waals surface area contributed by atoms with E-state index in [1.807, 2.05) is 17.4 Å². The van der Waals surface area contributed by atoms with E-state index < -0.39 is 0 Å². The zero-order chi connectivity index (χ0) is 14.7. The van der Waals surface area contributed by atoms with Gasteiger partial charge >= 0.3 is 0 Å². The van der Waals surface area contributed by atoms with Crippen LogP contribution in [0.25, 0.3) is 0 Å². The van der Waals surface area contributed by atoms with Crippen LogP contribution in [0.3, 0.4) is 0 Å². The Hall–Kier alpha value is -1.32. The molecule has 1 aromatic heterocycles. The molecular weight excluding hydrogens is 266 g/mol. The zero-order valence-corrected chi connectivity index (χ0v) is 13.7. The summed E-state index contributed by atoms with van der Waals surface area (Å²) < 4.78 is 5.46. The molecule has 0 fully saturated rings. The van der Waals surface area contributed by atoms with Crippen LogP contribution in [0.5, 0.6) is 5.75 Å². The van der Waals surface area contributed by atoms with Gasteiger partial charge in [0.15, 0.2) is 0 Å². The summed E-state index contributed by atoms with van der Waals surface area (Å²) in [6, 6.07) is 8.86. The summed E-state index contributed by atoms with van der Waals surface area (Å²) in [7, 11) is 1.73. The molecule has 0 bridgehead atoms. The maximum absolute atomic E-state index is 5.46. The lowest BCUT2D eigenvalue weighted by Crippen LogP contribution is -2.19. The van der Waals surface area contributed by atoms with Gasteiger partial charge < -0.3 is 10.1 Å². The van der Waals surface area contributed by atoms with E-state index in [2.05, 4.69) is 51.2 Å². The molecule has 0 amide bonds. The number of aryl methyl sites for hydroxylation is 3. The smallest absolute Gasteiger partial charge is 0.123 e. The molecule has 2 aromatic rings. The number of thiophene rings is 1. The lowest BCUT2D eigenvalue weighted by atomic mass is 10.0. The summed E-state index contributed by atoms with van der Waals surface area (Å²) in [5.74, 6) is 0.953. The van der Waals surface area contributed by atoms with Crippen molar-refractivity contribution in [1.82, 2.24) is 5.32 Å². The summed E-state index contributed by atoms with van der Waals surface area (Å²) in [5, 5.41) is 3.60. The molecule has 2 rings (SSSR count). The Morgan fingerprint density at radius 2 is 1.95 bits per heavy atom. The molecule has 1 N–H and O–H groups in total. The minimum absolute atomic E-state index is 0.268. The molecule has 1 aromatic carbocycles. The molecule has 1 unspecified atom stereocenters. The predicted octanol–water partition coefficient (Wildman–Crippen LogP) is 4.53. The number of hydrogen-bond acceptors (Lipinski definition) is 3. The first-order chi connectivity index (χ1) is 9.51. The molecular formula is C17H23NOS. The summed E-state index contributed by atoms with van der Waals surface area (Å²) in [4.78, 5) is 2.78. The molecule has 0 aliphatic heterocycles. The van der Waals surface area contributed by atoms with Gasteiger partial charge in [-0.25, -0.2) is 0 Å². The van der Waals surface area contributed by atoms with Crippen LogP contribution >= 0.6 is 11.3 Å². The lowest BCUT2D eigenvalue weighted by Gasteiger charge is -2.18. The van der Waals surface area contributed by atoms with E-state index in [9.17, 15) is 0 Å². The molecule has 108 valence electrons. The molecule has 0 saturated heterocycles. The standard InChI is InChI=1S/C17H23NOS/c1-11-6-7-17(19-5)16(8-11)13(3)18-10-15-9-12(2)20-14(15)4/h6-9,13,18H,10H2,1-5H3. The molecule has 1 heterocycles. The second-order valence-corrected chi connectivity index (χ2v) is 6.75. The van der Waals surface area contributed by atoms with E-state index in [-0.39, 0.29) is 6.04 Å². The van der Waals surface area contributed by atoms with Crippen LogP contribution in [0.2, 0.25) is 0 Å². The minimum atomic E-state index is 0.268. The molecule has 3 heteroatoms. The number of hydrogen-bond donors (Lipinski definition) is 1. The van der Waals surface area contributed by atoms with Gasteiger partial charge in [0.2, 0.25) is 0 Å². The Balaban J connectivity index is 2.10. The SMILES string of the molecule is COc1ccc(C)cc1C(C)NCc1cc(C)sc1C. The molecule has 0 spiro atoms. The Bertz CT molecular complexity index is 589. The van der Waals surface area contributed by atoms with Crippen LogP contribution in [0, 0.1) is 20.8 Å². The van der Waals surface area contributed by atoms with E-state index in [0.29, 0.717) is 0 Å². The van der Waals surface area contributed by atoms with Gasteiger partial charge in [0.1, 0.15) is 5.75 Å². The zero-order valence-electron chi connectivity index (χ0n) is 12.9. The van der Waals surface area contributed by atoms with Crippen LogP contribution in [0.1, 0.15) is 39.4 Å². The van der Waals surface area contributed by atoms with E-state index in [4.69, 9.17) is 4.74 Å². The third-order valence-electron chi connectivity index (χ3n) is 3.59. The van der Waals surface area contributed by atoms with Gasteiger partial charge in [-0.3, -0.25) is 0 Å². The Morgan fingerprint density at radius 3 is 2.55 bits per heavy atom. The molecule has 0 aliphatic carbocycles. The maximum atomic E-state index is 5.46. The Kier molecular flexibility index (Phi) is 4.84. The van der Waals surface area contributed by atoms with Crippen molar-refractivity contribution in [3.63, 3.8) is 0 Å². The fourth-order valence-corrected chi connectivity index (χ4v) is 3.37. The van der Waals surface area contributed by atoms with Crippen molar-refractivity contribution in [2.45, 2.75) is 40.3 Å². The monoisotopic (exact) mass is 289 g/mol. The summed E-state index contributed by atoms with van der Waals surface area (Å²) >= 11 is 1.86. The molecule has 20 heavy (non-hydrogen) atoms. The van der Waals surface area contributed by atoms with Gasteiger partial charge in [-0.1, -0.05) is 17.7 Å². The number of rotatable bonds is 5. The third kappa shape index (κ3) is 3.41. The predicted molar refractivity (Wildman–Crippen MR) is 86.8 cm³/mol. The Labute approximate surface area is 125 Å². The van der Waals surface area contributed by atoms with E-state index in [1.54, 1.807) is 7.11 Å². The average Bonchev–Trinajstić information content (AvgIpc) is 2.74. The number of benzene rings is 1. The average molecular weight is 289 g/mol. The van der Waals surface area contributed by atoms with E-state index in [0.717, 1.165) is 12.3 Å². The normalized spacial score (nSPS) is 12.4. The highest BCUT2D eigenvalue weighted by Gasteiger charge is 2.12. The van der Waals surface area contributed by atoms with Crippen LogP contribution in [-0.4, -0.2) is 7.11 Å². The van der Waals surface area contributed by atoms with E-state index in [1.165, 1.54) is 26.4 Å². The first-order valence-corrected chi connectivity index (χ1v) is 7.76. The van der Waals surface area contributed by atoms with Crippen LogP contribution in [0.15, 0.2) is 24.3 Å². The molecule has 2 nitrogen and oxygen atoms in total. The van der Waals surface area contributed by atoms with Crippen molar-refractivity contribution < 1.29 is 4.74 Å². The topological polar surface area (TPSA) is 21.3 Å². The summed E-state index contributed by atoms with van der Waals surface area (Å²) in [6.45, 7) is 9.54. The van der Waals surface area contributed by atoms with E-state index >= 15 is 0 Å². The van der Waals surface area contributed by atoms with Crippen molar-refractivity contribution in [2.75, 3.05) is 7.11 Å². The van der Waals surface area contributed by atoms with Gasteiger partial charge in [0.05, 0.1) is 7.11 Å². The van der Waals surface area contributed by atoms with Crippen molar-refractivity contribution in [2.24, 2.45) is 0 Å². The first kappa shape index (κ1) is 15.1. The van der Waals surface area contributed by atoms with Crippen molar-refractivity contribution >= 4 is 11.3 Å². The van der Waals surface area contributed by atoms with Gasteiger partial charge in [-0.2, -0.15) is 0 Å². The van der Waals surface area contributed by atoms with Gasteiger partial charge in [0, 0.05) is 27.9 Å². The third-order valence-corrected chi connectivity index (χ3v) is 4.60. The van der Waals surface area contributed by atoms with Crippen molar-refractivity contribution in [3.05, 3.63) is 50.7 Å². The molecule has 0 aliphatic rings. The highest BCUT2D eigenvalue weighted by Crippen LogP contribution is 2.27. The highest BCUT2D eigenvalue weighted by molar-refractivity contribution is 7.12. The summed E-state index contributed by atoms with van der Waals surface area (Å²) in [5.41, 5.74) is 3.88. The van der Waals surface area contributed by atoms with Crippen LogP contribution in [-0.2, 0) is 6.54 Å². The van der Waals surface area contributed by atoms with Gasteiger partial charge in [-0.05, 0) is 45.4 Å². The fourth-order valence-electron chi connectivity index (χ4n) is 2.42. The number of ether oxygens (including phenoxy) is 1. The maximum Gasteiger partial charge on any atom is 0.123 e. The second-order valence-electron chi connectivity index (χ2n) is 5.29. The van der Waals surface area contributed by atoms with Crippen molar-refractivity contribution in [3.8, 4) is 5.75 Å². The lowest BCUT2D eigenvalue weighted by molar-refractivity contribution is 0.401. The molecule has 1 atom stereocenters. The van der Waals surface area contributed by atoms with Gasteiger partial charge in [0.25, 0.3) is 0 Å². The highest BCUT2D eigenvalue weighted by atomic mass is 32.1. The van der Waals surface area contributed by atoms with Crippen molar-refractivity contribution in [1.29, 1.82) is 0 Å². The quantitative estimate of drug-likeness (QED) is 0.873. The summed E-state index contributed by atoms with van der Waals surface area (Å²) in [6.07, 6.45) is 0. The minimum Gasteiger partial charge on any atom is -0.496 e. The molecule has 0 saturated carbocycles. The van der Waals surface area contributed by atoms with Crippen LogP contribution in [0.4, 0.5) is 0 Å². The Morgan fingerprint density at radius 1 is 1.20 bits per heavy atom. The first-order valence-electron chi connectivity index (χ1n) is 6.95. The molecule has 0 radical (unpaired) electrons.